The molecule has 0 spiro atoms. The summed E-state index contributed by atoms with van der Waals surface area (Å²) in [6.07, 6.45) is 0.105. The molecule has 0 bridgehead atoms. The molecule has 0 rings (SSSR count). The van der Waals surface area contributed by atoms with Gasteiger partial charge in [0, 0.05) is 0 Å². The van der Waals surface area contributed by atoms with Gasteiger partial charge in [0.1, 0.15) is 0 Å². The fourth-order valence-electron chi connectivity index (χ4n) is 0.145. The van der Waals surface area contributed by atoms with Crippen molar-refractivity contribution in [1.82, 2.24) is 0 Å². The number of hydrogen-bond acceptors (Lipinski definition) is 2. The van der Waals surface area contributed by atoms with Gasteiger partial charge in [-0.05, 0) is 0 Å². The van der Waals surface area contributed by atoms with E-state index in [2.05, 4.69) is 0 Å². The number of rotatable bonds is 2. The molecule has 0 aromatic rings. The third-order valence-corrected chi connectivity index (χ3v) is 2.54. The first-order chi connectivity index (χ1) is 4.31. The van der Waals surface area contributed by atoms with E-state index in [-0.39, 0.29) is 6.45 Å². The first kappa shape index (κ1) is 10.6. The van der Waals surface area contributed by atoms with Gasteiger partial charge in [0.25, 0.3) is 6.45 Å². The Balaban J connectivity index is 4.44. The highest BCUT2D eigenvalue weighted by Gasteiger charge is 2.44. The summed E-state index contributed by atoms with van der Waals surface area (Å²) in [7, 11) is -5.04. The third-order valence-electron chi connectivity index (χ3n) is 0.553. The zero-order valence-electron chi connectivity index (χ0n) is 4.39. The van der Waals surface area contributed by atoms with Crippen LogP contribution in [-0.4, -0.2) is 25.4 Å². The van der Waals surface area contributed by atoms with E-state index >= 15 is 0 Å². The van der Waals surface area contributed by atoms with Gasteiger partial charge < -0.3 is 0 Å². The van der Waals surface area contributed by atoms with Crippen LogP contribution in [0, 0.1) is 0 Å². The van der Waals surface area contributed by atoms with Crippen molar-refractivity contribution in [1.29, 1.82) is 0 Å². The molecule has 0 N–H and O–H groups in total. The molecule has 0 saturated heterocycles. The second-order valence-corrected chi connectivity index (χ2v) is 3.80. The topological polar surface area (TPSA) is 34.1 Å². The molecule has 0 atom stereocenters. The lowest BCUT2D eigenvalue weighted by molar-refractivity contribution is -0.0413. The van der Waals surface area contributed by atoms with E-state index < -0.39 is 15.2 Å². The predicted octanol–water partition coefficient (Wildman–Crippen LogP) is 0.509. The fourth-order valence-corrected chi connectivity index (χ4v) is 1.59. The van der Waals surface area contributed by atoms with E-state index in [9.17, 15) is 21.6 Å². The summed E-state index contributed by atoms with van der Waals surface area (Å²) in [5.41, 5.74) is -5.17. The largest absolute Gasteiger partial charge is 0.485 e. The van der Waals surface area contributed by atoms with Gasteiger partial charge in [-0.2, -0.15) is 35.5 Å². The van der Waals surface area contributed by atoms with E-state index in [1.54, 1.807) is 0 Å². The molecule has 0 heterocycles. The molecule has 0 aliphatic heterocycles. The summed E-state index contributed by atoms with van der Waals surface area (Å²) in [6.45, 7) is 0. The Morgan fingerprint density at radius 1 is 1.30 bits per heavy atom. The normalized spacial score (nSPS) is 12.8. The molecule has 2 nitrogen and oxygen atoms in total. The Kier molecular flexibility index (Phi) is 3.53. The second-order valence-electron chi connectivity index (χ2n) is 1.25. The molecule has 2 radical (unpaired) electrons. The van der Waals surface area contributed by atoms with Crippen molar-refractivity contribution in [2.45, 2.75) is 5.51 Å². The molecule has 0 amide bonds. The molecular formula is CB2F3IO2S. The second kappa shape index (κ2) is 3.33. The molecule has 56 valence electrons. The zero-order valence-corrected chi connectivity index (χ0v) is 7.37. The lowest BCUT2D eigenvalue weighted by Crippen LogP contribution is -2.30. The van der Waals surface area contributed by atoms with Crippen LogP contribution in [-0.2, 0) is 9.69 Å². The molecule has 10 heavy (non-hydrogen) atoms. The Hall–Kier alpha value is 0.600. The van der Waals surface area contributed by atoms with E-state index in [1.807, 2.05) is 0 Å². The van der Waals surface area contributed by atoms with Gasteiger partial charge in [-0.1, -0.05) is 0 Å². The average Bonchev–Trinajstić information content (AvgIpc) is 1.61. The molecule has 0 fully saturated rings. The van der Waals surface area contributed by atoms with E-state index in [1.165, 1.54) is 22.4 Å². The number of alkyl halides is 3. The molecule has 0 aliphatic carbocycles. The van der Waals surface area contributed by atoms with E-state index in [0.29, 0.717) is 0 Å². The maximum atomic E-state index is 11.4. The quantitative estimate of drug-likeness (QED) is 0.546. The summed E-state index contributed by atoms with van der Waals surface area (Å²) in [4.78, 5) is 0. The lowest BCUT2D eigenvalue weighted by Gasteiger charge is -2.04. The van der Waals surface area contributed by atoms with Crippen molar-refractivity contribution < 1.29 is 21.6 Å². The zero-order chi connectivity index (χ0) is 8.41. The minimum atomic E-state index is -5.17. The third kappa shape index (κ3) is 2.69. The van der Waals surface area contributed by atoms with Gasteiger partial charge in [-0.15, -0.1) is 0 Å². The van der Waals surface area contributed by atoms with Crippen molar-refractivity contribution in [3.8, 4) is 0 Å². The number of halogens is 4. The van der Waals surface area contributed by atoms with Gasteiger partial charge >= 0.3 is 5.51 Å². The Labute approximate surface area is 70.7 Å². The monoisotopic (exact) mass is 282 g/mol. The Morgan fingerprint density at radius 2 is 1.70 bits per heavy atom. The van der Waals surface area contributed by atoms with Crippen molar-refractivity contribution in [3.05, 3.63) is 0 Å². The van der Waals surface area contributed by atoms with Crippen LogP contribution >= 0.6 is 22.4 Å². The van der Waals surface area contributed by atoms with Gasteiger partial charge in [-0.3, -0.25) is 0 Å². The maximum Gasteiger partial charge on any atom is 0.485 e. The van der Waals surface area contributed by atoms with Crippen LogP contribution < -0.4 is 0 Å². The van der Waals surface area contributed by atoms with Crippen LogP contribution in [0.1, 0.15) is 0 Å². The fraction of sp³-hybridized carbons (Fsp3) is 1.00. The highest BCUT2D eigenvalue weighted by atomic mass is 127. The Bertz CT molecular complexity index is 197. The summed E-state index contributed by atoms with van der Waals surface area (Å²) < 4.78 is 54.2. The van der Waals surface area contributed by atoms with Crippen LogP contribution in [0.2, 0.25) is 0 Å². The minimum absolute atomic E-state index is 0.105. The summed E-state index contributed by atoms with van der Waals surface area (Å²) in [5.74, 6) is 0. The predicted molar refractivity (Wildman–Crippen MR) is 40.5 cm³/mol. The molecule has 0 aromatic heterocycles. The Morgan fingerprint density at radius 3 is 1.80 bits per heavy atom. The van der Waals surface area contributed by atoms with Gasteiger partial charge in [-0.25, -0.2) is 8.42 Å². The highest BCUT2D eigenvalue weighted by Crippen LogP contribution is 2.22. The van der Waals surface area contributed by atoms with E-state index in [0.717, 1.165) is 5.03 Å². The smallest absolute Gasteiger partial charge is 0.234 e. The lowest BCUT2D eigenvalue weighted by atomic mass is 9.78. The summed E-state index contributed by atoms with van der Waals surface area (Å²) in [5, 5.41) is 0.792. The average molecular weight is 282 g/mol. The standard InChI is InChI=1S/CB2F3IO2S/c4-1(5,6)10(8,9)3-2-7. The minimum Gasteiger partial charge on any atom is -0.234 e. The molecular weight excluding hydrogens is 282 g/mol. The molecule has 9 heteroatoms. The van der Waals surface area contributed by atoms with E-state index in [4.69, 9.17) is 0 Å². The van der Waals surface area contributed by atoms with Crippen molar-refractivity contribution in [2.75, 3.05) is 0 Å². The van der Waals surface area contributed by atoms with Crippen LogP contribution in [0.5, 0.6) is 0 Å². The first-order valence-corrected chi connectivity index (χ1v) is 4.68. The highest BCUT2D eigenvalue weighted by molar-refractivity contribution is 14.1. The molecule has 0 saturated carbocycles. The molecule has 0 unspecified atom stereocenters. The first-order valence-electron chi connectivity index (χ1n) is 1.89. The van der Waals surface area contributed by atoms with Crippen LogP contribution in [0.15, 0.2) is 0 Å². The van der Waals surface area contributed by atoms with Crippen LogP contribution in [0.25, 0.3) is 0 Å². The maximum absolute atomic E-state index is 11.4. The van der Waals surface area contributed by atoms with Crippen molar-refractivity contribution >= 4 is 43.5 Å². The SMILES string of the molecule is O=S(=O)([B][B]I)C(F)(F)F. The van der Waals surface area contributed by atoms with Crippen molar-refractivity contribution in [3.63, 3.8) is 0 Å². The van der Waals surface area contributed by atoms with Gasteiger partial charge in [0.15, 0.2) is 14.7 Å². The number of hydrogen-bond donors (Lipinski definition) is 0. The van der Waals surface area contributed by atoms with Gasteiger partial charge in [0.2, 0.25) is 0 Å². The van der Waals surface area contributed by atoms with Crippen LogP contribution in [0.3, 0.4) is 0 Å². The van der Waals surface area contributed by atoms with Gasteiger partial charge in [0.05, 0.1) is 0 Å². The summed E-state index contributed by atoms with van der Waals surface area (Å²) >= 11 is 1.39. The van der Waals surface area contributed by atoms with Crippen LogP contribution in [0.4, 0.5) is 13.2 Å². The van der Waals surface area contributed by atoms with Crippen molar-refractivity contribution in [2.24, 2.45) is 0 Å². The molecule has 0 aliphatic rings. The molecule has 0 aromatic carbocycles. The summed E-state index contributed by atoms with van der Waals surface area (Å²) in [6, 6.07) is 0.